The molecule has 3 N–H and O–H groups in total. The van der Waals surface area contributed by atoms with Gasteiger partial charge in [-0.15, -0.1) is 24.0 Å². The van der Waals surface area contributed by atoms with Crippen LogP contribution in [-0.4, -0.2) is 46.9 Å². The molecule has 3 rings (SSSR count). The highest BCUT2D eigenvalue weighted by molar-refractivity contribution is 14.0. The van der Waals surface area contributed by atoms with Gasteiger partial charge in [0.25, 0.3) is 0 Å². The van der Waals surface area contributed by atoms with E-state index in [1.807, 2.05) is 24.3 Å². The third-order valence-corrected chi connectivity index (χ3v) is 6.64. The van der Waals surface area contributed by atoms with Crippen LogP contribution in [0.25, 0.3) is 0 Å². The number of guanidine groups is 1. The Kier molecular flexibility index (Phi) is 9.97. The highest BCUT2D eigenvalue weighted by Gasteiger charge is 2.22. The lowest BCUT2D eigenvalue weighted by Gasteiger charge is -2.25. The molecule has 164 valence electrons. The fourth-order valence-corrected chi connectivity index (χ4v) is 4.00. The van der Waals surface area contributed by atoms with E-state index in [0.717, 1.165) is 30.8 Å². The van der Waals surface area contributed by atoms with Crippen LogP contribution in [0.15, 0.2) is 29.3 Å². The molecule has 1 aromatic carbocycles. The molecule has 1 aromatic rings. The molecule has 0 bridgehead atoms. The maximum Gasteiger partial charge on any atom is 0.213 e. The van der Waals surface area contributed by atoms with E-state index in [4.69, 9.17) is 4.74 Å². The van der Waals surface area contributed by atoms with E-state index in [2.05, 4.69) is 20.3 Å². The molecule has 0 unspecified atom stereocenters. The Morgan fingerprint density at radius 2 is 1.90 bits per heavy atom. The smallest absolute Gasteiger partial charge is 0.213 e. The van der Waals surface area contributed by atoms with Crippen molar-refractivity contribution in [2.75, 3.05) is 32.5 Å². The highest BCUT2D eigenvalue weighted by Crippen LogP contribution is 2.30. The highest BCUT2D eigenvalue weighted by atomic mass is 127. The maximum atomic E-state index is 12.1. The van der Waals surface area contributed by atoms with Crippen molar-refractivity contribution in [2.45, 2.75) is 38.6 Å². The summed E-state index contributed by atoms with van der Waals surface area (Å²) in [6.45, 7) is 2.20. The lowest BCUT2D eigenvalue weighted by Crippen LogP contribution is -2.41. The maximum absolute atomic E-state index is 12.1. The zero-order chi connectivity index (χ0) is 19.8. The van der Waals surface area contributed by atoms with Crippen LogP contribution in [0.4, 0.5) is 0 Å². The number of para-hydroxylation sites is 1. The summed E-state index contributed by atoms with van der Waals surface area (Å²) in [5, 5.41) is 6.30. The number of ether oxygens (including phenoxy) is 1. The summed E-state index contributed by atoms with van der Waals surface area (Å²) in [5.41, 5.74) is 1.06. The van der Waals surface area contributed by atoms with Crippen LogP contribution in [0.1, 0.15) is 37.7 Å². The molecule has 0 radical (unpaired) electrons. The van der Waals surface area contributed by atoms with Crippen LogP contribution in [0, 0.1) is 11.8 Å². The second-order valence-corrected chi connectivity index (χ2v) is 9.61. The lowest BCUT2D eigenvalue weighted by atomic mass is 9.86. The SMILES string of the molecule is CN=C(NCCS(=O)(=O)NCC1CCC1)NCc1ccccc1OCC1CC1.I. The molecule has 0 heterocycles. The van der Waals surface area contributed by atoms with Crippen molar-refractivity contribution in [2.24, 2.45) is 16.8 Å². The van der Waals surface area contributed by atoms with E-state index < -0.39 is 10.0 Å². The van der Waals surface area contributed by atoms with Gasteiger partial charge in [-0.25, -0.2) is 13.1 Å². The number of halogens is 1. The van der Waals surface area contributed by atoms with Crippen molar-refractivity contribution in [3.8, 4) is 5.75 Å². The molecule has 2 aliphatic carbocycles. The minimum atomic E-state index is -3.26. The van der Waals surface area contributed by atoms with Crippen molar-refractivity contribution >= 4 is 40.0 Å². The molecule has 2 fully saturated rings. The second kappa shape index (κ2) is 11.9. The first-order valence-corrected chi connectivity index (χ1v) is 11.8. The Balaban J connectivity index is 0.00000300. The molecule has 2 aliphatic rings. The zero-order valence-corrected chi connectivity index (χ0v) is 20.2. The van der Waals surface area contributed by atoms with Gasteiger partial charge in [-0.3, -0.25) is 4.99 Å². The van der Waals surface area contributed by atoms with Gasteiger partial charge in [0.2, 0.25) is 10.0 Å². The van der Waals surface area contributed by atoms with Crippen molar-refractivity contribution < 1.29 is 13.2 Å². The van der Waals surface area contributed by atoms with Crippen LogP contribution in [-0.2, 0) is 16.6 Å². The minimum absolute atomic E-state index is 0. The Hall–Kier alpha value is -1.07. The van der Waals surface area contributed by atoms with Gasteiger partial charge >= 0.3 is 0 Å². The number of sulfonamides is 1. The van der Waals surface area contributed by atoms with E-state index in [9.17, 15) is 8.42 Å². The first kappa shape index (κ1) is 24.2. The Labute approximate surface area is 191 Å². The fraction of sp³-hybridized carbons (Fsp3) is 0.650. The molecule has 0 aromatic heterocycles. The van der Waals surface area contributed by atoms with Gasteiger partial charge in [0, 0.05) is 32.2 Å². The molecule has 29 heavy (non-hydrogen) atoms. The Bertz CT molecular complexity index is 765. The molecular formula is C20H33IN4O3S. The number of nitrogens with one attached hydrogen (secondary N) is 3. The van der Waals surface area contributed by atoms with E-state index in [-0.39, 0.29) is 29.7 Å². The van der Waals surface area contributed by atoms with Gasteiger partial charge < -0.3 is 15.4 Å². The van der Waals surface area contributed by atoms with Crippen molar-refractivity contribution in [1.29, 1.82) is 0 Å². The summed E-state index contributed by atoms with van der Waals surface area (Å²) in [6, 6.07) is 7.96. The van der Waals surface area contributed by atoms with Crippen LogP contribution >= 0.6 is 24.0 Å². The van der Waals surface area contributed by atoms with Crippen molar-refractivity contribution in [1.82, 2.24) is 15.4 Å². The number of hydrogen-bond acceptors (Lipinski definition) is 4. The summed E-state index contributed by atoms with van der Waals surface area (Å²) in [4.78, 5) is 4.17. The van der Waals surface area contributed by atoms with Crippen LogP contribution in [0.3, 0.4) is 0 Å². The first-order chi connectivity index (χ1) is 13.6. The van der Waals surface area contributed by atoms with Crippen molar-refractivity contribution in [3.63, 3.8) is 0 Å². The quantitative estimate of drug-likeness (QED) is 0.230. The molecule has 0 aliphatic heterocycles. The number of hydrogen-bond donors (Lipinski definition) is 3. The topological polar surface area (TPSA) is 91.8 Å². The monoisotopic (exact) mass is 536 g/mol. The van der Waals surface area contributed by atoms with E-state index >= 15 is 0 Å². The van der Waals surface area contributed by atoms with E-state index in [0.29, 0.717) is 37.4 Å². The molecule has 7 nitrogen and oxygen atoms in total. The number of rotatable bonds is 11. The van der Waals surface area contributed by atoms with Crippen molar-refractivity contribution in [3.05, 3.63) is 29.8 Å². The summed E-state index contributed by atoms with van der Waals surface area (Å²) in [7, 11) is -1.58. The van der Waals surface area contributed by atoms with E-state index in [1.54, 1.807) is 7.05 Å². The van der Waals surface area contributed by atoms with Gasteiger partial charge in [-0.1, -0.05) is 24.6 Å². The average molecular weight is 536 g/mol. The fourth-order valence-electron chi connectivity index (χ4n) is 3.00. The standard InChI is InChI=1S/C20H32N4O3S.HI/c1-21-20(22-11-12-28(25,26)24-13-16-5-4-6-16)23-14-18-7-2-3-8-19(18)27-15-17-9-10-17;/h2-3,7-8,16-17,24H,4-6,9-15H2,1H3,(H2,21,22,23);1H. The molecule has 0 atom stereocenters. The molecule has 2 saturated carbocycles. The summed E-state index contributed by atoms with van der Waals surface area (Å²) < 4.78 is 32.8. The van der Waals surface area contributed by atoms with Gasteiger partial charge in [-0.2, -0.15) is 0 Å². The zero-order valence-electron chi connectivity index (χ0n) is 17.0. The lowest BCUT2D eigenvalue weighted by molar-refractivity contribution is 0.296. The molecule has 0 amide bonds. The summed E-state index contributed by atoms with van der Waals surface area (Å²) >= 11 is 0. The van der Waals surface area contributed by atoms with Crippen LogP contribution in [0.5, 0.6) is 5.75 Å². The van der Waals surface area contributed by atoms with Gasteiger partial charge in [0.1, 0.15) is 5.75 Å². The minimum Gasteiger partial charge on any atom is -0.493 e. The second-order valence-electron chi connectivity index (χ2n) is 7.68. The normalized spacial score (nSPS) is 17.2. The Morgan fingerprint density at radius 3 is 2.55 bits per heavy atom. The van der Waals surface area contributed by atoms with Gasteiger partial charge in [0.05, 0.1) is 12.4 Å². The van der Waals surface area contributed by atoms with Gasteiger partial charge in [-0.05, 0) is 43.6 Å². The largest absolute Gasteiger partial charge is 0.493 e. The van der Waals surface area contributed by atoms with Crippen LogP contribution in [0.2, 0.25) is 0 Å². The Morgan fingerprint density at radius 1 is 1.14 bits per heavy atom. The number of benzene rings is 1. The average Bonchev–Trinajstić information content (AvgIpc) is 3.46. The summed E-state index contributed by atoms with van der Waals surface area (Å²) in [6.07, 6.45) is 5.99. The first-order valence-electron chi connectivity index (χ1n) is 10.2. The number of nitrogens with zero attached hydrogens (tertiary/aromatic N) is 1. The van der Waals surface area contributed by atoms with Crippen LogP contribution < -0.4 is 20.1 Å². The molecule has 9 heteroatoms. The van der Waals surface area contributed by atoms with Gasteiger partial charge in [0.15, 0.2) is 5.96 Å². The van der Waals surface area contributed by atoms with E-state index in [1.165, 1.54) is 19.3 Å². The summed E-state index contributed by atoms with van der Waals surface area (Å²) in [5.74, 6) is 2.71. The predicted molar refractivity (Wildman–Crippen MR) is 127 cm³/mol. The molecule has 0 spiro atoms. The number of aliphatic imine (C=N–C) groups is 1. The predicted octanol–water partition coefficient (Wildman–Crippen LogP) is 2.48. The molecular weight excluding hydrogens is 503 g/mol. The molecule has 0 saturated heterocycles. The third kappa shape index (κ3) is 8.67. The third-order valence-electron chi connectivity index (χ3n) is 5.29.